The maximum absolute atomic E-state index is 11.0. The summed E-state index contributed by atoms with van der Waals surface area (Å²) in [6.07, 6.45) is 6.07. The second-order valence-corrected chi connectivity index (χ2v) is 6.55. The highest BCUT2D eigenvalue weighted by molar-refractivity contribution is 7.87. The average molecular weight is 396 g/mol. The molecule has 8 nitrogen and oxygen atoms in total. The van der Waals surface area contributed by atoms with E-state index in [1.807, 2.05) is 13.0 Å². The molecule has 2 atom stereocenters. The van der Waals surface area contributed by atoms with Gasteiger partial charge >= 0.3 is 11.9 Å². The lowest BCUT2D eigenvalue weighted by molar-refractivity contribution is -0.145. The van der Waals surface area contributed by atoms with E-state index < -0.39 is 21.3 Å². The number of methoxy groups -OCH3 is 2. The van der Waals surface area contributed by atoms with Crippen molar-refractivity contribution in [1.29, 1.82) is 0 Å². The minimum Gasteiger partial charge on any atom is -0.469 e. The lowest BCUT2D eigenvalue weighted by Gasteiger charge is -2.09. The molecule has 0 aromatic carbocycles. The number of esters is 2. The third-order valence-corrected chi connectivity index (χ3v) is 4.35. The number of allylic oxidation sites excluding steroid dienone is 1. The first kappa shape index (κ1) is 29.1. The van der Waals surface area contributed by atoms with Crippen molar-refractivity contribution in [2.75, 3.05) is 20.8 Å². The molecule has 26 heavy (non-hydrogen) atoms. The van der Waals surface area contributed by atoms with Crippen LogP contribution in [0.25, 0.3) is 0 Å². The highest BCUT2D eigenvalue weighted by atomic mass is 32.2. The molecular weight excluding hydrogens is 362 g/mol. The first-order valence-electron chi connectivity index (χ1n) is 8.14. The Morgan fingerprint density at radius 3 is 1.73 bits per heavy atom. The molecular formula is C17H33NO7S. The second kappa shape index (κ2) is 18.1. The van der Waals surface area contributed by atoms with Crippen LogP contribution in [0.15, 0.2) is 25.3 Å². The van der Waals surface area contributed by atoms with E-state index in [-0.39, 0.29) is 18.3 Å². The lowest BCUT2D eigenvalue weighted by Crippen LogP contribution is -2.30. The fourth-order valence-corrected chi connectivity index (χ4v) is 2.37. The Kier molecular flexibility index (Phi) is 20.2. The van der Waals surface area contributed by atoms with Crippen molar-refractivity contribution in [1.82, 2.24) is 0 Å². The van der Waals surface area contributed by atoms with Gasteiger partial charge in [0.2, 0.25) is 0 Å². The fourth-order valence-electron chi connectivity index (χ4n) is 1.60. The summed E-state index contributed by atoms with van der Waals surface area (Å²) in [5, 5.41) is -1.45. The van der Waals surface area contributed by atoms with E-state index in [0.717, 1.165) is 26.4 Å². The van der Waals surface area contributed by atoms with Gasteiger partial charge in [0.25, 0.3) is 10.1 Å². The predicted octanol–water partition coefficient (Wildman–Crippen LogP) is 2.11. The minimum absolute atomic E-state index is 0.00546. The fraction of sp³-hybridized carbons (Fsp3) is 0.647. The molecule has 0 spiro atoms. The van der Waals surface area contributed by atoms with Crippen LogP contribution < -0.4 is 5.73 Å². The first-order chi connectivity index (χ1) is 12.1. The number of nitrogens with two attached hydrogens (primary N) is 1. The van der Waals surface area contributed by atoms with Crippen molar-refractivity contribution < 1.29 is 32.0 Å². The molecule has 0 aliphatic rings. The molecule has 0 rings (SSSR count). The van der Waals surface area contributed by atoms with E-state index in [1.54, 1.807) is 6.08 Å². The van der Waals surface area contributed by atoms with Crippen LogP contribution in [-0.2, 0) is 29.2 Å². The van der Waals surface area contributed by atoms with Crippen LogP contribution in [0.5, 0.6) is 0 Å². The zero-order valence-corrected chi connectivity index (χ0v) is 17.0. The highest BCUT2D eigenvalue weighted by Gasteiger charge is 2.29. The molecule has 0 aliphatic heterocycles. The quantitative estimate of drug-likeness (QED) is 0.344. The number of hydrogen-bond donors (Lipinski definition) is 2. The average Bonchev–Trinajstić information content (AvgIpc) is 2.61. The van der Waals surface area contributed by atoms with Gasteiger partial charge in [-0.25, -0.2) is 0 Å². The van der Waals surface area contributed by atoms with Crippen molar-refractivity contribution >= 4 is 22.1 Å². The van der Waals surface area contributed by atoms with Crippen molar-refractivity contribution in [3.63, 3.8) is 0 Å². The number of carbonyl (C=O) groups excluding carboxylic acids is 2. The van der Waals surface area contributed by atoms with Gasteiger partial charge in [-0.2, -0.15) is 8.42 Å². The van der Waals surface area contributed by atoms with E-state index in [9.17, 15) is 18.0 Å². The van der Waals surface area contributed by atoms with Crippen LogP contribution in [-0.4, -0.2) is 50.9 Å². The molecule has 0 saturated heterocycles. The Balaban J connectivity index is -0.000000338. The largest absolute Gasteiger partial charge is 0.469 e. The van der Waals surface area contributed by atoms with Gasteiger partial charge in [-0.3, -0.25) is 14.1 Å². The molecule has 0 heterocycles. The number of rotatable bonds is 9. The molecule has 154 valence electrons. The van der Waals surface area contributed by atoms with Gasteiger partial charge in [-0.05, 0) is 25.7 Å². The Bertz CT molecular complexity index is 503. The first-order valence-corrected chi connectivity index (χ1v) is 9.65. The molecule has 0 fully saturated rings. The number of carbonyl (C=O) groups is 2. The second-order valence-electron chi connectivity index (χ2n) is 4.95. The highest BCUT2D eigenvalue weighted by Crippen LogP contribution is 2.12. The van der Waals surface area contributed by atoms with Gasteiger partial charge in [-0.15, -0.1) is 13.2 Å². The predicted molar refractivity (Wildman–Crippen MR) is 102 cm³/mol. The number of hydrogen-bond acceptors (Lipinski definition) is 7. The van der Waals surface area contributed by atoms with Crippen LogP contribution in [0.4, 0.5) is 0 Å². The summed E-state index contributed by atoms with van der Waals surface area (Å²) in [6, 6.07) is 0. The topological polar surface area (TPSA) is 133 Å². The van der Waals surface area contributed by atoms with Crippen LogP contribution in [0.3, 0.4) is 0 Å². The molecule has 0 radical (unpaired) electrons. The zero-order chi connectivity index (χ0) is 21.2. The van der Waals surface area contributed by atoms with Gasteiger partial charge in [-0.1, -0.05) is 26.0 Å². The maximum Gasteiger partial charge on any atom is 0.326 e. The molecule has 0 aromatic heterocycles. The number of ether oxygens (including phenoxy) is 2. The molecule has 0 bridgehead atoms. The molecule has 0 amide bonds. The molecule has 0 saturated carbocycles. The van der Waals surface area contributed by atoms with Crippen LogP contribution in [0, 0.1) is 5.92 Å². The van der Waals surface area contributed by atoms with Crippen molar-refractivity contribution in [3.05, 3.63) is 25.3 Å². The third kappa shape index (κ3) is 15.8. The summed E-state index contributed by atoms with van der Waals surface area (Å²) in [4.78, 5) is 21.6. The van der Waals surface area contributed by atoms with Gasteiger partial charge in [0.05, 0.1) is 20.1 Å². The van der Waals surface area contributed by atoms with Crippen molar-refractivity contribution in [2.45, 2.75) is 44.8 Å². The molecule has 3 N–H and O–H groups in total. The van der Waals surface area contributed by atoms with E-state index in [2.05, 4.69) is 22.6 Å². The third-order valence-electron chi connectivity index (χ3n) is 3.11. The van der Waals surface area contributed by atoms with Gasteiger partial charge < -0.3 is 15.2 Å². The summed E-state index contributed by atoms with van der Waals surface area (Å²) < 4.78 is 38.1. The molecule has 0 aliphatic carbocycles. The van der Waals surface area contributed by atoms with Gasteiger partial charge in [0.15, 0.2) is 5.25 Å². The zero-order valence-electron chi connectivity index (χ0n) is 16.1. The Hall–Kier alpha value is -1.71. The van der Waals surface area contributed by atoms with Crippen LogP contribution >= 0.6 is 0 Å². The van der Waals surface area contributed by atoms with Crippen LogP contribution in [0.1, 0.15) is 39.5 Å². The van der Waals surface area contributed by atoms with Gasteiger partial charge in [0, 0.05) is 6.54 Å². The van der Waals surface area contributed by atoms with Gasteiger partial charge in [0.1, 0.15) is 0 Å². The monoisotopic (exact) mass is 395 g/mol. The Morgan fingerprint density at radius 1 is 1.08 bits per heavy atom. The van der Waals surface area contributed by atoms with Crippen molar-refractivity contribution in [3.8, 4) is 0 Å². The SMILES string of the molecule is C=CCCC(CC)C(=O)OC.C=CCN.CCC(C(=O)OC)S(=O)(=O)O. The maximum atomic E-state index is 11.0. The van der Waals surface area contributed by atoms with Crippen LogP contribution in [0.2, 0.25) is 0 Å². The summed E-state index contributed by atoms with van der Waals surface area (Å²) in [7, 11) is -1.81. The van der Waals surface area contributed by atoms with E-state index in [4.69, 9.17) is 10.3 Å². The Morgan fingerprint density at radius 2 is 1.54 bits per heavy atom. The minimum atomic E-state index is -4.30. The normalized spacial score (nSPS) is 12.1. The summed E-state index contributed by atoms with van der Waals surface area (Å²) in [5.41, 5.74) is 4.91. The molecule has 9 heteroatoms. The summed E-state index contributed by atoms with van der Waals surface area (Å²) >= 11 is 0. The van der Waals surface area contributed by atoms with E-state index >= 15 is 0 Å². The van der Waals surface area contributed by atoms with Crippen molar-refractivity contribution in [2.24, 2.45) is 11.7 Å². The van der Waals surface area contributed by atoms with E-state index in [1.165, 1.54) is 14.0 Å². The summed E-state index contributed by atoms with van der Waals surface area (Å²) in [5.74, 6) is -0.984. The summed E-state index contributed by atoms with van der Waals surface area (Å²) in [6.45, 7) is 11.0. The lowest BCUT2D eigenvalue weighted by atomic mass is 10.0. The standard InChI is InChI=1S/C9H16O2.C5H10O5S.C3H7N/c1-4-6-7-8(5-2)9(10)11-3;1-3-4(5(6)10-2)11(7,8)9;1-2-3-4/h4,8H,1,5-7H2,2-3H3;4H,3H2,1-2H3,(H,7,8,9);2H,1,3-4H2. The molecule has 0 aromatic rings. The Labute approximate surface area is 157 Å². The van der Waals surface area contributed by atoms with E-state index in [0.29, 0.717) is 6.54 Å². The molecule has 2 unspecified atom stereocenters. The smallest absolute Gasteiger partial charge is 0.326 e.